The van der Waals surface area contributed by atoms with E-state index in [-0.39, 0.29) is 24.2 Å². The molecular weight excluding hydrogens is 369 g/mol. The Morgan fingerprint density at radius 1 is 1.15 bits per heavy atom. The van der Waals surface area contributed by atoms with Crippen molar-refractivity contribution in [3.63, 3.8) is 0 Å². The van der Waals surface area contributed by atoms with Crippen LogP contribution in [0.2, 0.25) is 0 Å². The molecule has 1 amide bonds. The first kappa shape index (κ1) is 18.9. The standard InChI is InChI=1S/C19H18FN3O3S/c1-25-15-6-2-13(3-7-15)12-18-22-23-19(26-18)21-17(24)10-11-27-16-8-4-14(20)5-9-16/h2-9H,10-12H2,1H3,(H,21,23,24). The molecule has 0 aliphatic heterocycles. The quantitative estimate of drug-likeness (QED) is 0.590. The van der Waals surface area contributed by atoms with Gasteiger partial charge in [-0.15, -0.1) is 16.9 Å². The minimum atomic E-state index is -0.279. The van der Waals surface area contributed by atoms with E-state index in [1.807, 2.05) is 24.3 Å². The van der Waals surface area contributed by atoms with Gasteiger partial charge in [0.2, 0.25) is 11.8 Å². The Morgan fingerprint density at radius 3 is 2.59 bits per heavy atom. The number of methoxy groups -OCH3 is 1. The maximum atomic E-state index is 12.9. The highest BCUT2D eigenvalue weighted by molar-refractivity contribution is 7.99. The number of benzene rings is 2. The van der Waals surface area contributed by atoms with Crippen LogP contribution in [-0.2, 0) is 11.2 Å². The molecular formula is C19H18FN3O3S. The van der Waals surface area contributed by atoms with Gasteiger partial charge in [0.15, 0.2) is 0 Å². The fourth-order valence-electron chi connectivity index (χ4n) is 2.27. The molecule has 0 fully saturated rings. The predicted molar refractivity (Wildman–Crippen MR) is 100 cm³/mol. The smallest absolute Gasteiger partial charge is 0.322 e. The van der Waals surface area contributed by atoms with Gasteiger partial charge in [-0.05, 0) is 42.0 Å². The van der Waals surface area contributed by atoms with E-state index in [1.165, 1.54) is 23.9 Å². The second-order valence-corrected chi connectivity index (χ2v) is 6.79. The van der Waals surface area contributed by atoms with Crippen LogP contribution < -0.4 is 10.1 Å². The number of halogens is 1. The summed E-state index contributed by atoms with van der Waals surface area (Å²) in [6.07, 6.45) is 0.742. The number of rotatable bonds is 8. The zero-order chi connectivity index (χ0) is 19.1. The summed E-state index contributed by atoms with van der Waals surface area (Å²) < 4.78 is 23.4. The molecule has 1 aromatic heterocycles. The molecule has 0 radical (unpaired) electrons. The SMILES string of the molecule is COc1ccc(Cc2nnc(NC(=O)CCSc3ccc(F)cc3)o2)cc1. The molecule has 1 N–H and O–H groups in total. The summed E-state index contributed by atoms with van der Waals surface area (Å²) in [5.41, 5.74) is 0.994. The summed E-state index contributed by atoms with van der Waals surface area (Å²) in [4.78, 5) is 12.9. The Hall–Kier alpha value is -2.87. The summed E-state index contributed by atoms with van der Waals surface area (Å²) in [6, 6.07) is 13.8. The van der Waals surface area contributed by atoms with Crippen molar-refractivity contribution < 1.29 is 18.3 Å². The normalized spacial score (nSPS) is 10.6. The van der Waals surface area contributed by atoms with Gasteiger partial charge in [0.05, 0.1) is 13.5 Å². The molecule has 2 aromatic carbocycles. The molecule has 0 unspecified atom stereocenters. The van der Waals surface area contributed by atoms with E-state index in [1.54, 1.807) is 19.2 Å². The van der Waals surface area contributed by atoms with Crippen LogP contribution in [0.1, 0.15) is 17.9 Å². The lowest BCUT2D eigenvalue weighted by atomic mass is 10.1. The molecule has 3 aromatic rings. The minimum Gasteiger partial charge on any atom is -0.497 e. The highest BCUT2D eigenvalue weighted by atomic mass is 32.2. The van der Waals surface area contributed by atoms with Crippen molar-refractivity contribution in [3.05, 3.63) is 65.8 Å². The summed E-state index contributed by atoms with van der Waals surface area (Å²) in [7, 11) is 1.61. The first-order chi connectivity index (χ1) is 13.1. The molecule has 3 rings (SSSR count). The number of aromatic nitrogens is 2. The molecule has 6 nitrogen and oxygen atoms in total. The topological polar surface area (TPSA) is 77.3 Å². The minimum absolute atomic E-state index is 0.0790. The van der Waals surface area contributed by atoms with Crippen LogP contribution in [-0.4, -0.2) is 29.0 Å². The fraction of sp³-hybridized carbons (Fsp3) is 0.211. The molecule has 0 atom stereocenters. The lowest BCUT2D eigenvalue weighted by Crippen LogP contribution is -2.12. The van der Waals surface area contributed by atoms with Crippen LogP contribution in [0.5, 0.6) is 5.75 Å². The predicted octanol–water partition coefficient (Wildman–Crippen LogP) is 3.93. The zero-order valence-electron chi connectivity index (χ0n) is 14.6. The molecule has 0 saturated heterocycles. The summed E-state index contributed by atoms with van der Waals surface area (Å²) >= 11 is 1.47. The number of amides is 1. The van der Waals surface area contributed by atoms with E-state index >= 15 is 0 Å². The number of nitrogens with one attached hydrogen (secondary N) is 1. The number of nitrogens with zero attached hydrogens (tertiary/aromatic N) is 2. The van der Waals surface area contributed by atoms with Crippen LogP contribution >= 0.6 is 11.8 Å². The number of carbonyl (C=O) groups excluding carboxylic acids is 1. The van der Waals surface area contributed by atoms with Gasteiger partial charge >= 0.3 is 6.01 Å². The van der Waals surface area contributed by atoms with Gasteiger partial charge < -0.3 is 9.15 Å². The Morgan fingerprint density at radius 2 is 1.89 bits per heavy atom. The Balaban J connectivity index is 1.45. The van der Waals surface area contributed by atoms with Crippen molar-refractivity contribution in [2.24, 2.45) is 0 Å². The molecule has 0 spiro atoms. The van der Waals surface area contributed by atoms with E-state index < -0.39 is 0 Å². The van der Waals surface area contributed by atoms with Crippen molar-refractivity contribution in [2.75, 3.05) is 18.2 Å². The van der Waals surface area contributed by atoms with E-state index in [9.17, 15) is 9.18 Å². The maximum Gasteiger partial charge on any atom is 0.322 e. The average Bonchev–Trinajstić information content (AvgIpc) is 3.10. The van der Waals surface area contributed by atoms with Gasteiger partial charge in [0, 0.05) is 17.1 Å². The number of carbonyl (C=O) groups is 1. The lowest BCUT2D eigenvalue weighted by Gasteiger charge is -2.02. The van der Waals surface area contributed by atoms with Gasteiger partial charge in [0.1, 0.15) is 11.6 Å². The van der Waals surface area contributed by atoms with Crippen LogP contribution in [0.15, 0.2) is 57.8 Å². The van der Waals surface area contributed by atoms with Crippen molar-refractivity contribution in [3.8, 4) is 5.75 Å². The Bertz CT molecular complexity index is 882. The third-order valence-corrected chi connectivity index (χ3v) is 4.65. The molecule has 1 heterocycles. The first-order valence-electron chi connectivity index (χ1n) is 8.26. The average molecular weight is 387 g/mol. The molecule has 0 saturated carbocycles. The summed E-state index contributed by atoms with van der Waals surface area (Å²) in [6.45, 7) is 0. The van der Waals surface area contributed by atoms with E-state index in [0.29, 0.717) is 18.1 Å². The highest BCUT2D eigenvalue weighted by Crippen LogP contribution is 2.19. The molecule has 27 heavy (non-hydrogen) atoms. The maximum absolute atomic E-state index is 12.9. The number of hydrogen-bond donors (Lipinski definition) is 1. The fourth-order valence-corrected chi connectivity index (χ4v) is 3.12. The van der Waals surface area contributed by atoms with Gasteiger partial charge in [-0.3, -0.25) is 10.1 Å². The van der Waals surface area contributed by atoms with Crippen LogP contribution in [0.25, 0.3) is 0 Å². The summed E-state index contributed by atoms with van der Waals surface area (Å²) in [5.74, 6) is 1.25. The van der Waals surface area contributed by atoms with Gasteiger partial charge in [-0.2, -0.15) is 0 Å². The lowest BCUT2D eigenvalue weighted by molar-refractivity contribution is -0.115. The Labute approximate surface area is 160 Å². The summed E-state index contributed by atoms with van der Waals surface area (Å²) in [5, 5.41) is 10.4. The number of anilines is 1. The van der Waals surface area contributed by atoms with Gasteiger partial charge in [0.25, 0.3) is 0 Å². The second-order valence-electron chi connectivity index (χ2n) is 5.63. The van der Waals surface area contributed by atoms with Crippen molar-refractivity contribution in [1.29, 1.82) is 0 Å². The van der Waals surface area contributed by atoms with Gasteiger partial charge in [-0.25, -0.2) is 4.39 Å². The van der Waals surface area contributed by atoms with Crippen LogP contribution in [0.4, 0.5) is 10.4 Å². The Kier molecular flexibility index (Phi) is 6.43. The largest absolute Gasteiger partial charge is 0.497 e. The molecule has 140 valence electrons. The first-order valence-corrected chi connectivity index (χ1v) is 9.24. The van der Waals surface area contributed by atoms with Crippen molar-refractivity contribution >= 4 is 23.7 Å². The number of hydrogen-bond acceptors (Lipinski definition) is 6. The third-order valence-electron chi connectivity index (χ3n) is 3.64. The van der Waals surface area contributed by atoms with E-state index in [0.717, 1.165) is 16.2 Å². The van der Waals surface area contributed by atoms with Gasteiger partial charge in [-0.1, -0.05) is 17.2 Å². The van der Waals surface area contributed by atoms with Crippen LogP contribution in [0, 0.1) is 5.82 Å². The second kappa shape index (κ2) is 9.18. The monoisotopic (exact) mass is 387 g/mol. The highest BCUT2D eigenvalue weighted by Gasteiger charge is 2.10. The van der Waals surface area contributed by atoms with E-state index in [2.05, 4.69) is 15.5 Å². The number of thioether (sulfide) groups is 1. The molecule has 0 aliphatic rings. The number of ether oxygens (including phenoxy) is 1. The van der Waals surface area contributed by atoms with E-state index in [4.69, 9.17) is 9.15 Å². The molecule has 0 bridgehead atoms. The third kappa shape index (κ3) is 5.82. The molecule has 8 heteroatoms. The zero-order valence-corrected chi connectivity index (χ0v) is 15.5. The molecule has 0 aliphatic carbocycles. The van der Waals surface area contributed by atoms with Crippen molar-refractivity contribution in [1.82, 2.24) is 10.2 Å². The van der Waals surface area contributed by atoms with Crippen LogP contribution in [0.3, 0.4) is 0 Å². The van der Waals surface area contributed by atoms with Crippen molar-refractivity contribution in [2.45, 2.75) is 17.7 Å².